The number of rotatable bonds is 5. The highest BCUT2D eigenvalue weighted by molar-refractivity contribution is 6.33. The number of nitriles is 1. The van der Waals surface area contributed by atoms with E-state index < -0.39 is 5.91 Å². The molecule has 0 spiro atoms. The van der Waals surface area contributed by atoms with Gasteiger partial charge in [0.2, 0.25) is 0 Å². The molecule has 4 N–H and O–H groups in total. The molecular formula is C17H15ClN4O2. The molecule has 0 aliphatic carbocycles. The number of nitrogens with one attached hydrogen (secondary N) is 2. The number of nitrogen functional groups attached to an aromatic ring is 1. The van der Waals surface area contributed by atoms with Gasteiger partial charge in [0, 0.05) is 11.9 Å². The van der Waals surface area contributed by atoms with Gasteiger partial charge in [0.05, 0.1) is 23.5 Å². The molecule has 122 valence electrons. The van der Waals surface area contributed by atoms with Crippen LogP contribution in [0.2, 0.25) is 5.02 Å². The topological polar surface area (TPSA) is 100 Å². The van der Waals surface area contributed by atoms with Crippen molar-refractivity contribution in [2.45, 2.75) is 0 Å². The first-order valence-electron chi connectivity index (χ1n) is 6.91. The summed E-state index contributed by atoms with van der Waals surface area (Å²) in [6.07, 6.45) is 1.28. The minimum absolute atomic E-state index is 0.117. The second-order valence-corrected chi connectivity index (χ2v) is 5.12. The van der Waals surface area contributed by atoms with Gasteiger partial charge in [-0.05, 0) is 30.3 Å². The third-order valence-corrected chi connectivity index (χ3v) is 3.40. The van der Waals surface area contributed by atoms with Crippen LogP contribution in [-0.2, 0) is 4.79 Å². The van der Waals surface area contributed by atoms with Crippen molar-refractivity contribution in [2.24, 2.45) is 0 Å². The molecule has 7 heteroatoms. The largest absolute Gasteiger partial charge is 0.495 e. The Kier molecular flexibility index (Phi) is 5.66. The van der Waals surface area contributed by atoms with Crippen LogP contribution in [0.3, 0.4) is 0 Å². The Bertz CT molecular complexity index is 828. The molecule has 0 heterocycles. The van der Waals surface area contributed by atoms with Gasteiger partial charge in [-0.2, -0.15) is 5.26 Å². The summed E-state index contributed by atoms with van der Waals surface area (Å²) in [6, 6.07) is 13.6. The number of methoxy groups -OCH3 is 1. The van der Waals surface area contributed by atoms with Crippen molar-refractivity contribution in [3.8, 4) is 11.8 Å². The third kappa shape index (κ3) is 4.18. The molecule has 0 aliphatic heterocycles. The molecule has 2 aromatic carbocycles. The predicted octanol–water partition coefficient (Wildman–Crippen LogP) is 3.39. The van der Waals surface area contributed by atoms with Crippen molar-refractivity contribution in [1.82, 2.24) is 0 Å². The van der Waals surface area contributed by atoms with Gasteiger partial charge >= 0.3 is 0 Å². The van der Waals surface area contributed by atoms with Crippen LogP contribution in [0.5, 0.6) is 5.75 Å². The summed E-state index contributed by atoms with van der Waals surface area (Å²) < 4.78 is 5.15. The number of anilines is 3. The maximum Gasteiger partial charge on any atom is 0.267 e. The highest BCUT2D eigenvalue weighted by Crippen LogP contribution is 2.25. The number of amides is 1. The first-order valence-corrected chi connectivity index (χ1v) is 7.29. The zero-order valence-electron chi connectivity index (χ0n) is 12.8. The van der Waals surface area contributed by atoms with E-state index in [-0.39, 0.29) is 5.57 Å². The fourth-order valence-electron chi connectivity index (χ4n) is 1.88. The van der Waals surface area contributed by atoms with Crippen LogP contribution in [0.15, 0.2) is 54.2 Å². The predicted molar refractivity (Wildman–Crippen MR) is 94.8 cm³/mol. The van der Waals surface area contributed by atoms with Gasteiger partial charge in [-0.15, -0.1) is 0 Å². The van der Waals surface area contributed by atoms with Gasteiger partial charge in [0.1, 0.15) is 17.4 Å². The Morgan fingerprint density at radius 1 is 1.29 bits per heavy atom. The molecule has 2 aromatic rings. The summed E-state index contributed by atoms with van der Waals surface area (Å²) in [5.41, 5.74) is 7.02. The lowest BCUT2D eigenvalue weighted by Gasteiger charge is -2.09. The highest BCUT2D eigenvalue weighted by Gasteiger charge is 2.12. The number of ether oxygens (including phenoxy) is 1. The number of carbonyl (C=O) groups excluding carboxylic acids is 1. The Labute approximate surface area is 144 Å². The maximum atomic E-state index is 12.2. The lowest BCUT2D eigenvalue weighted by molar-refractivity contribution is -0.112. The van der Waals surface area contributed by atoms with E-state index in [9.17, 15) is 10.1 Å². The Morgan fingerprint density at radius 3 is 2.71 bits per heavy atom. The number of carbonyl (C=O) groups is 1. The number of hydrogen-bond donors (Lipinski definition) is 3. The molecule has 24 heavy (non-hydrogen) atoms. The lowest BCUT2D eigenvalue weighted by Crippen LogP contribution is -2.15. The van der Waals surface area contributed by atoms with Crippen LogP contribution in [0.25, 0.3) is 0 Å². The van der Waals surface area contributed by atoms with Crippen molar-refractivity contribution in [2.75, 3.05) is 23.5 Å². The lowest BCUT2D eigenvalue weighted by atomic mass is 10.2. The molecule has 0 fully saturated rings. The average molecular weight is 343 g/mol. The summed E-state index contributed by atoms with van der Waals surface area (Å²) in [4.78, 5) is 12.2. The standard InChI is InChI=1S/C17H15ClN4O2/c1-24-16-5-3-2-4-15(16)22-17(23)11(9-19)10-21-14-7-6-12(20)8-13(14)18/h2-8,10,21H,20H2,1H3,(H,22,23)/b11-10-. The van der Waals surface area contributed by atoms with E-state index in [0.717, 1.165) is 0 Å². The van der Waals surface area contributed by atoms with Crippen molar-refractivity contribution >= 4 is 34.6 Å². The normalized spacial score (nSPS) is 10.6. The second kappa shape index (κ2) is 7.90. The third-order valence-electron chi connectivity index (χ3n) is 3.09. The van der Waals surface area contributed by atoms with Gasteiger partial charge < -0.3 is 21.1 Å². The van der Waals surface area contributed by atoms with Gasteiger partial charge in [-0.3, -0.25) is 4.79 Å². The molecule has 0 bridgehead atoms. The zero-order chi connectivity index (χ0) is 17.5. The number of nitrogens with zero attached hydrogens (tertiary/aromatic N) is 1. The van der Waals surface area contributed by atoms with Crippen molar-refractivity contribution < 1.29 is 9.53 Å². The van der Waals surface area contributed by atoms with Crippen molar-refractivity contribution in [1.29, 1.82) is 5.26 Å². The molecule has 0 aromatic heterocycles. The molecule has 0 saturated heterocycles. The first kappa shape index (κ1) is 17.2. The number of para-hydroxylation sites is 2. The molecule has 1 amide bonds. The maximum absolute atomic E-state index is 12.2. The first-order chi connectivity index (χ1) is 11.5. The molecule has 0 aliphatic rings. The molecule has 0 unspecified atom stereocenters. The molecule has 6 nitrogen and oxygen atoms in total. The van der Waals surface area contributed by atoms with E-state index in [0.29, 0.717) is 27.8 Å². The number of hydrogen-bond acceptors (Lipinski definition) is 5. The van der Waals surface area contributed by atoms with E-state index in [1.54, 1.807) is 42.5 Å². The van der Waals surface area contributed by atoms with Crippen LogP contribution in [-0.4, -0.2) is 13.0 Å². The average Bonchev–Trinajstić information content (AvgIpc) is 2.57. The summed E-state index contributed by atoms with van der Waals surface area (Å²) in [5, 5.41) is 15.0. The van der Waals surface area contributed by atoms with Crippen molar-refractivity contribution in [3.05, 3.63) is 59.3 Å². The quantitative estimate of drug-likeness (QED) is 0.439. The SMILES string of the molecule is COc1ccccc1NC(=O)/C(C#N)=C\Nc1ccc(N)cc1Cl. The van der Waals surface area contributed by atoms with Gasteiger partial charge in [0.25, 0.3) is 5.91 Å². The fourth-order valence-corrected chi connectivity index (χ4v) is 2.13. The minimum Gasteiger partial charge on any atom is -0.495 e. The highest BCUT2D eigenvalue weighted by atomic mass is 35.5. The van der Waals surface area contributed by atoms with Crippen molar-refractivity contribution in [3.63, 3.8) is 0 Å². The smallest absolute Gasteiger partial charge is 0.267 e. The zero-order valence-corrected chi connectivity index (χ0v) is 13.6. The van der Waals surface area contributed by atoms with Crippen LogP contribution < -0.4 is 21.1 Å². The summed E-state index contributed by atoms with van der Waals surface area (Å²) in [5.74, 6) is -0.0706. The van der Waals surface area contributed by atoms with Gasteiger partial charge in [-0.1, -0.05) is 23.7 Å². The molecule has 2 rings (SSSR count). The van der Waals surface area contributed by atoms with Gasteiger partial charge in [0.15, 0.2) is 0 Å². The van der Waals surface area contributed by atoms with E-state index in [4.69, 9.17) is 22.1 Å². The molecule has 0 radical (unpaired) electrons. The Hall–Kier alpha value is -3.17. The summed E-state index contributed by atoms with van der Waals surface area (Å²) in [6.45, 7) is 0. The van der Waals surface area contributed by atoms with E-state index >= 15 is 0 Å². The Balaban J connectivity index is 2.15. The fraction of sp³-hybridized carbons (Fsp3) is 0.0588. The summed E-state index contributed by atoms with van der Waals surface area (Å²) >= 11 is 6.03. The Morgan fingerprint density at radius 2 is 2.04 bits per heavy atom. The van der Waals surface area contributed by atoms with E-state index in [2.05, 4.69) is 10.6 Å². The van der Waals surface area contributed by atoms with E-state index in [1.807, 2.05) is 6.07 Å². The van der Waals surface area contributed by atoms with Crippen LogP contribution in [0, 0.1) is 11.3 Å². The van der Waals surface area contributed by atoms with Crippen LogP contribution in [0.1, 0.15) is 0 Å². The number of nitrogens with two attached hydrogens (primary N) is 1. The number of benzene rings is 2. The molecule has 0 atom stereocenters. The monoisotopic (exact) mass is 342 g/mol. The molecule has 0 saturated carbocycles. The summed E-state index contributed by atoms with van der Waals surface area (Å²) in [7, 11) is 1.50. The van der Waals surface area contributed by atoms with Crippen LogP contribution >= 0.6 is 11.6 Å². The molecular weight excluding hydrogens is 328 g/mol. The van der Waals surface area contributed by atoms with Crippen LogP contribution in [0.4, 0.5) is 17.1 Å². The second-order valence-electron chi connectivity index (χ2n) is 4.71. The minimum atomic E-state index is -0.568. The van der Waals surface area contributed by atoms with Gasteiger partial charge in [-0.25, -0.2) is 0 Å². The number of halogens is 1. The van der Waals surface area contributed by atoms with E-state index in [1.165, 1.54) is 13.3 Å².